The first-order valence-electron chi connectivity index (χ1n) is 6.25. The Morgan fingerprint density at radius 2 is 2.18 bits per heavy atom. The van der Waals surface area contributed by atoms with Crippen molar-refractivity contribution in [1.82, 2.24) is 15.3 Å². The summed E-state index contributed by atoms with van der Waals surface area (Å²) in [4.78, 5) is 7.89. The van der Waals surface area contributed by atoms with E-state index in [1.165, 1.54) is 19.3 Å². The molecule has 0 spiro atoms. The molecular formula is C13H17N3O. The van der Waals surface area contributed by atoms with Gasteiger partial charge in [-0.05, 0) is 31.5 Å². The largest absolute Gasteiger partial charge is 0.508 e. The minimum absolute atomic E-state index is 0.279. The van der Waals surface area contributed by atoms with Crippen LogP contribution in [0.15, 0.2) is 18.2 Å². The summed E-state index contributed by atoms with van der Waals surface area (Å²) in [5.41, 5.74) is 1.83. The molecule has 1 saturated heterocycles. The van der Waals surface area contributed by atoms with Crippen LogP contribution in [0.4, 0.5) is 0 Å². The third-order valence-electron chi connectivity index (χ3n) is 3.37. The highest BCUT2D eigenvalue weighted by molar-refractivity contribution is 5.76. The Balaban J connectivity index is 1.93. The Bertz CT molecular complexity index is 512. The number of nitrogens with zero attached hydrogens (tertiary/aromatic N) is 1. The quantitative estimate of drug-likeness (QED) is 0.706. The molecule has 1 aromatic heterocycles. The average molecular weight is 231 g/mol. The number of rotatable bonds is 1. The van der Waals surface area contributed by atoms with Gasteiger partial charge in [-0.25, -0.2) is 4.98 Å². The predicted octanol–water partition coefficient (Wildman–Crippen LogP) is 2.47. The Morgan fingerprint density at radius 1 is 1.24 bits per heavy atom. The fourth-order valence-electron chi connectivity index (χ4n) is 2.44. The fraction of sp³-hybridized carbons (Fsp3) is 0.462. The van der Waals surface area contributed by atoms with Crippen LogP contribution in [0.25, 0.3) is 11.0 Å². The van der Waals surface area contributed by atoms with Gasteiger partial charge in [-0.1, -0.05) is 12.8 Å². The lowest BCUT2D eigenvalue weighted by atomic mass is 10.1. The molecule has 2 aromatic rings. The van der Waals surface area contributed by atoms with Crippen LogP contribution in [0.2, 0.25) is 0 Å². The van der Waals surface area contributed by atoms with Crippen LogP contribution in [0.3, 0.4) is 0 Å². The summed E-state index contributed by atoms with van der Waals surface area (Å²) in [6.45, 7) is 1.06. The molecule has 4 heteroatoms. The monoisotopic (exact) mass is 231 g/mol. The first-order valence-corrected chi connectivity index (χ1v) is 6.25. The summed E-state index contributed by atoms with van der Waals surface area (Å²) in [5.74, 6) is 1.27. The highest BCUT2D eigenvalue weighted by Gasteiger charge is 2.17. The summed E-state index contributed by atoms with van der Waals surface area (Å²) in [6, 6.07) is 5.57. The van der Waals surface area contributed by atoms with Gasteiger partial charge in [0.15, 0.2) is 0 Å². The molecule has 1 aliphatic rings. The lowest BCUT2D eigenvalue weighted by molar-refractivity contribution is 0.476. The molecule has 2 heterocycles. The van der Waals surface area contributed by atoms with Crippen LogP contribution >= 0.6 is 0 Å². The number of hydrogen-bond acceptors (Lipinski definition) is 3. The highest BCUT2D eigenvalue weighted by Crippen LogP contribution is 2.24. The number of nitrogens with one attached hydrogen (secondary N) is 2. The average Bonchev–Trinajstić information content (AvgIpc) is 2.57. The van der Waals surface area contributed by atoms with Gasteiger partial charge in [0, 0.05) is 6.07 Å². The molecule has 90 valence electrons. The zero-order valence-corrected chi connectivity index (χ0v) is 9.74. The summed E-state index contributed by atoms with van der Waals surface area (Å²) in [6.07, 6.45) is 4.92. The van der Waals surface area contributed by atoms with Crippen molar-refractivity contribution in [3.63, 3.8) is 0 Å². The van der Waals surface area contributed by atoms with Crippen LogP contribution < -0.4 is 5.32 Å². The van der Waals surface area contributed by atoms with E-state index < -0.39 is 0 Å². The molecule has 1 atom stereocenters. The maximum atomic E-state index is 9.43. The Labute approximate surface area is 100 Å². The second-order valence-corrected chi connectivity index (χ2v) is 4.68. The third kappa shape index (κ3) is 2.13. The minimum atomic E-state index is 0.279. The summed E-state index contributed by atoms with van der Waals surface area (Å²) < 4.78 is 0. The van der Waals surface area contributed by atoms with E-state index in [0.717, 1.165) is 29.8 Å². The number of phenolic OH excluding ortho intramolecular Hbond substituents is 1. The molecule has 0 amide bonds. The van der Waals surface area contributed by atoms with Gasteiger partial charge in [-0.3, -0.25) is 0 Å². The van der Waals surface area contributed by atoms with Gasteiger partial charge in [-0.2, -0.15) is 0 Å². The topological polar surface area (TPSA) is 60.9 Å². The van der Waals surface area contributed by atoms with E-state index in [1.54, 1.807) is 12.1 Å². The second kappa shape index (κ2) is 4.37. The maximum Gasteiger partial charge on any atom is 0.124 e. The smallest absolute Gasteiger partial charge is 0.124 e. The van der Waals surface area contributed by atoms with Crippen molar-refractivity contribution >= 4 is 11.0 Å². The second-order valence-electron chi connectivity index (χ2n) is 4.68. The van der Waals surface area contributed by atoms with Crippen LogP contribution in [-0.4, -0.2) is 21.6 Å². The van der Waals surface area contributed by atoms with E-state index in [4.69, 9.17) is 0 Å². The van der Waals surface area contributed by atoms with Crippen molar-refractivity contribution in [3.8, 4) is 5.75 Å². The normalized spacial score (nSPS) is 21.5. The summed E-state index contributed by atoms with van der Waals surface area (Å²) >= 11 is 0. The molecule has 0 saturated carbocycles. The molecule has 0 radical (unpaired) electrons. The zero-order chi connectivity index (χ0) is 11.7. The minimum Gasteiger partial charge on any atom is -0.508 e. The zero-order valence-electron chi connectivity index (χ0n) is 9.74. The predicted molar refractivity (Wildman–Crippen MR) is 67.0 cm³/mol. The van der Waals surface area contributed by atoms with Crippen molar-refractivity contribution in [1.29, 1.82) is 0 Å². The van der Waals surface area contributed by atoms with Crippen LogP contribution in [0, 0.1) is 0 Å². The third-order valence-corrected chi connectivity index (χ3v) is 3.37. The first-order chi connectivity index (χ1) is 8.33. The van der Waals surface area contributed by atoms with Crippen molar-refractivity contribution in [2.75, 3.05) is 6.54 Å². The van der Waals surface area contributed by atoms with Gasteiger partial charge < -0.3 is 15.4 Å². The number of phenols is 1. The van der Waals surface area contributed by atoms with Crippen molar-refractivity contribution < 1.29 is 5.11 Å². The van der Waals surface area contributed by atoms with Crippen molar-refractivity contribution in [2.45, 2.75) is 31.7 Å². The van der Waals surface area contributed by atoms with Crippen LogP contribution in [-0.2, 0) is 0 Å². The molecule has 4 nitrogen and oxygen atoms in total. The van der Waals surface area contributed by atoms with E-state index in [-0.39, 0.29) is 5.75 Å². The molecule has 1 fully saturated rings. The van der Waals surface area contributed by atoms with E-state index in [0.29, 0.717) is 6.04 Å². The number of aromatic hydroxyl groups is 1. The number of fused-ring (bicyclic) bond motifs is 1. The Kier molecular flexibility index (Phi) is 2.73. The van der Waals surface area contributed by atoms with Crippen molar-refractivity contribution in [3.05, 3.63) is 24.0 Å². The first kappa shape index (κ1) is 10.6. The van der Waals surface area contributed by atoms with E-state index in [2.05, 4.69) is 15.3 Å². The molecule has 3 rings (SSSR count). The van der Waals surface area contributed by atoms with E-state index >= 15 is 0 Å². The van der Waals surface area contributed by atoms with Gasteiger partial charge in [0.1, 0.15) is 11.6 Å². The summed E-state index contributed by atoms with van der Waals surface area (Å²) in [5, 5.41) is 12.9. The van der Waals surface area contributed by atoms with Gasteiger partial charge in [-0.15, -0.1) is 0 Å². The van der Waals surface area contributed by atoms with Gasteiger partial charge in [0.25, 0.3) is 0 Å². The SMILES string of the molecule is Oc1ccc2nc(C3CCCCCN3)[nH]c2c1. The Hall–Kier alpha value is -1.55. The standard InChI is InChI=1S/C13H17N3O/c17-9-5-6-10-12(8-9)16-13(15-10)11-4-2-1-3-7-14-11/h5-6,8,11,14,17H,1-4,7H2,(H,15,16). The van der Waals surface area contributed by atoms with Gasteiger partial charge >= 0.3 is 0 Å². The molecular weight excluding hydrogens is 214 g/mol. The molecule has 1 aromatic carbocycles. The highest BCUT2D eigenvalue weighted by atomic mass is 16.3. The number of aromatic nitrogens is 2. The van der Waals surface area contributed by atoms with Gasteiger partial charge in [0.05, 0.1) is 17.1 Å². The van der Waals surface area contributed by atoms with Crippen molar-refractivity contribution in [2.24, 2.45) is 0 Å². The van der Waals surface area contributed by atoms with Gasteiger partial charge in [0.2, 0.25) is 0 Å². The van der Waals surface area contributed by atoms with Crippen LogP contribution in [0.1, 0.15) is 37.5 Å². The Morgan fingerprint density at radius 3 is 3.12 bits per heavy atom. The molecule has 0 aliphatic carbocycles. The molecule has 3 N–H and O–H groups in total. The lowest BCUT2D eigenvalue weighted by Crippen LogP contribution is -2.21. The van der Waals surface area contributed by atoms with E-state index in [1.807, 2.05) is 6.07 Å². The molecule has 0 bridgehead atoms. The number of H-pyrrole nitrogens is 1. The number of benzene rings is 1. The summed E-state index contributed by atoms with van der Waals surface area (Å²) in [7, 11) is 0. The fourth-order valence-corrected chi connectivity index (χ4v) is 2.44. The number of aromatic amines is 1. The molecule has 1 unspecified atom stereocenters. The molecule has 17 heavy (non-hydrogen) atoms. The number of hydrogen-bond donors (Lipinski definition) is 3. The lowest BCUT2D eigenvalue weighted by Gasteiger charge is -2.12. The number of imidazole rings is 1. The maximum absolute atomic E-state index is 9.43. The van der Waals surface area contributed by atoms with Crippen LogP contribution in [0.5, 0.6) is 5.75 Å². The molecule has 1 aliphatic heterocycles. The van der Waals surface area contributed by atoms with E-state index in [9.17, 15) is 5.11 Å².